The zero-order valence-electron chi connectivity index (χ0n) is 12.3. The molecule has 8 nitrogen and oxygen atoms in total. The Morgan fingerprint density at radius 3 is 2.59 bits per heavy atom. The van der Waals surface area contributed by atoms with E-state index in [4.69, 9.17) is 4.74 Å². The largest absolute Gasteiger partial charge is 0.481 e. The third kappa shape index (κ3) is 2.39. The molecule has 8 heteroatoms. The van der Waals surface area contributed by atoms with Gasteiger partial charge in [-0.2, -0.15) is 5.10 Å². The van der Waals surface area contributed by atoms with E-state index in [1.165, 1.54) is 6.33 Å². The van der Waals surface area contributed by atoms with Crippen LogP contribution >= 0.6 is 0 Å². The van der Waals surface area contributed by atoms with Crippen molar-refractivity contribution in [1.82, 2.24) is 20.1 Å². The van der Waals surface area contributed by atoms with Crippen LogP contribution in [-0.4, -0.2) is 50.5 Å². The maximum atomic E-state index is 12.4. The van der Waals surface area contributed by atoms with Gasteiger partial charge in [-0.1, -0.05) is 12.2 Å². The zero-order valence-corrected chi connectivity index (χ0v) is 12.3. The molecule has 1 amide bonds. The van der Waals surface area contributed by atoms with E-state index < -0.39 is 35.6 Å². The number of hydrogen-bond acceptors (Lipinski definition) is 5. The fourth-order valence-electron chi connectivity index (χ4n) is 2.94. The number of aliphatic carboxylic acids is 1. The number of amides is 1. The smallest absolute Gasteiger partial charge is 0.310 e. The Bertz CT molecular complexity index is 610. The lowest BCUT2D eigenvalue weighted by molar-refractivity contribution is -0.146. The van der Waals surface area contributed by atoms with E-state index in [0.717, 1.165) is 0 Å². The van der Waals surface area contributed by atoms with Crippen molar-refractivity contribution in [3.63, 3.8) is 0 Å². The number of fused-ring (bicyclic) bond motifs is 2. The summed E-state index contributed by atoms with van der Waals surface area (Å²) in [6.45, 7) is 4.14. The summed E-state index contributed by atoms with van der Waals surface area (Å²) in [6, 6.07) is 0. The average molecular weight is 306 g/mol. The van der Waals surface area contributed by atoms with Gasteiger partial charge in [0.05, 0.1) is 23.7 Å². The fourth-order valence-corrected chi connectivity index (χ4v) is 2.94. The van der Waals surface area contributed by atoms with Gasteiger partial charge in [0.25, 0.3) is 0 Å². The summed E-state index contributed by atoms with van der Waals surface area (Å²) < 4.78 is 7.16. The van der Waals surface area contributed by atoms with Crippen molar-refractivity contribution in [3.8, 4) is 0 Å². The number of carbonyl (C=O) groups excluding carboxylic acids is 1. The predicted molar refractivity (Wildman–Crippen MR) is 74.8 cm³/mol. The molecule has 3 rings (SSSR count). The molecule has 0 aliphatic carbocycles. The molecule has 4 unspecified atom stereocenters. The number of carboxylic acids is 1. The summed E-state index contributed by atoms with van der Waals surface area (Å²) in [5, 5.41) is 16.2. The van der Waals surface area contributed by atoms with E-state index in [1.54, 1.807) is 23.2 Å². The maximum Gasteiger partial charge on any atom is 0.310 e. The van der Waals surface area contributed by atoms with E-state index in [1.807, 2.05) is 13.8 Å². The highest BCUT2D eigenvalue weighted by Crippen LogP contribution is 2.39. The second-order valence-electron chi connectivity index (χ2n) is 6.21. The number of nitrogens with zero attached hydrogens (tertiary/aromatic N) is 3. The number of hydrogen-bond donors (Lipinski definition) is 2. The molecule has 4 atom stereocenters. The molecule has 2 aliphatic heterocycles. The normalized spacial score (nSPS) is 29.7. The molecule has 1 fully saturated rings. The molecule has 0 spiro atoms. The predicted octanol–water partition coefficient (Wildman–Crippen LogP) is -0.216. The highest BCUT2D eigenvalue weighted by atomic mass is 16.5. The van der Waals surface area contributed by atoms with Crippen molar-refractivity contribution in [3.05, 3.63) is 24.8 Å². The second kappa shape index (κ2) is 5.20. The lowest BCUT2D eigenvalue weighted by Crippen LogP contribution is -2.47. The average Bonchev–Trinajstić information content (AvgIpc) is 3.18. The van der Waals surface area contributed by atoms with Crippen LogP contribution in [0.1, 0.15) is 13.8 Å². The molecule has 2 N–H and O–H groups in total. The van der Waals surface area contributed by atoms with E-state index in [9.17, 15) is 14.7 Å². The van der Waals surface area contributed by atoms with E-state index in [0.29, 0.717) is 6.54 Å². The number of nitrogens with one attached hydrogen (secondary N) is 1. The molecule has 118 valence electrons. The standard InChI is InChI=1S/C14H18N4O4/c1-14(2,18-7-15-6-17-18)5-16-12(19)10-8-3-4-9(22-8)11(10)13(20)21/h3-4,6-11H,5H2,1-2H3,(H,16,19)(H,20,21). The molecule has 1 aromatic rings. The summed E-state index contributed by atoms with van der Waals surface area (Å²) in [4.78, 5) is 27.7. The number of aromatic nitrogens is 3. The molecule has 0 aromatic carbocycles. The van der Waals surface area contributed by atoms with Gasteiger partial charge in [0.1, 0.15) is 18.6 Å². The van der Waals surface area contributed by atoms with Crippen LogP contribution in [0.2, 0.25) is 0 Å². The van der Waals surface area contributed by atoms with E-state index in [-0.39, 0.29) is 5.91 Å². The quantitative estimate of drug-likeness (QED) is 0.729. The van der Waals surface area contributed by atoms with Crippen molar-refractivity contribution in [2.45, 2.75) is 31.6 Å². The second-order valence-corrected chi connectivity index (χ2v) is 6.21. The first-order valence-electron chi connectivity index (χ1n) is 7.09. The first-order valence-corrected chi connectivity index (χ1v) is 7.09. The number of rotatable bonds is 5. The van der Waals surface area contributed by atoms with Crippen LogP contribution in [0.3, 0.4) is 0 Å². The Hall–Kier alpha value is -2.22. The summed E-state index contributed by atoms with van der Waals surface area (Å²) in [5.74, 6) is -2.84. The minimum Gasteiger partial charge on any atom is -0.481 e. The van der Waals surface area contributed by atoms with Gasteiger partial charge >= 0.3 is 5.97 Å². The van der Waals surface area contributed by atoms with Crippen LogP contribution in [-0.2, 0) is 19.9 Å². The topological polar surface area (TPSA) is 106 Å². The molecule has 0 radical (unpaired) electrons. The summed E-state index contributed by atoms with van der Waals surface area (Å²) in [7, 11) is 0. The van der Waals surface area contributed by atoms with E-state index in [2.05, 4.69) is 15.4 Å². The third-order valence-corrected chi connectivity index (χ3v) is 4.22. The monoisotopic (exact) mass is 306 g/mol. The lowest BCUT2D eigenvalue weighted by atomic mass is 9.82. The first-order chi connectivity index (χ1) is 10.4. The highest BCUT2D eigenvalue weighted by Gasteiger charge is 2.53. The number of carbonyl (C=O) groups is 2. The van der Waals surface area contributed by atoms with Gasteiger partial charge in [0, 0.05) is 6.54 Å². The maximum absolute atomic E-state index is 12.4. The number of carboxylic acid groups (broad SMARTS) is 1. The highest BCUT2D eigenvalue weighted by molar-refractivity contribution is 5.87. The van der Waals surface area contributed by atoms with E-state index >= 15 is 0 Å². The van der Waals surface area contributed by atoms with Gasteiger partial charge in [-0.3, -0.25) is 9.59 Å². The Morgan fingerprint density at radius 2 is 2.00 bits per heavy atom. The Balaban J connectivity index is 1.67. The zero-order chi connectivity index (χ0) is 15.9. The SMILES string of the molecule is CC(C)(CNC(=O)C1C2C=CC(O2)C1C(=O)O)n1cncn1. The van der Waals surface area contributed by atoms with Crippen LogP contribution in [0.25, 0.3) is 0 Å². The van der Waals surface area contributed by atoms with Crippen molar-refractivity contribution in [2.24, 2.45) is 11.8 Å². The molecule has 1 aromatic heterocycles. The van der Waals surface area contributed by atoms with Gasteiger partial charge < -0.3 is 15.2 Å². The van der Waals surface area contributed by atoms with Crippen LogP contribution in [0.4, 0.5) is 0 Å². The molecule has 2 aliphatic rings. The molecular formula is C14H18N4O4. The summed E-state index contributed by atoms with van der Waals surface area (Å²) in [6.07, 6.45) is 5.51. The van der Waals surface area contributed by atoms with Crippen LogP contribution in [0, 0.1) is 11.8 Å². The van der Waals surface area contributed by atoms with Crippen LogP contribution in [0.15, 0.2) is 24.8 Å². The van der Waals surface area contributed by atoms with Gasteiger partial charge in [-0.05, 0) is 13.8 Å². The van der Waals surface area contributed by atoms with Gasteiger partial charge in [-0.15, -0.1) is 0 Å². The Kier molecular flexibility index (Phi) is 3.48. The lowest BCUT2D eigenvalue weighted by Gasteiger charge is -2.27. The molecule has 0 saturated carbocycles. The van der Waals surface area contributed by atoms with Crippen molar-refractivity contribution >= 4 is 11.9 Å². The molecule has 1 saturated heterocycles. The molecule has 2 bridgehead atoms. The third-order valence-electron chi connectivity index (χ3n) is 4.22. The first kappa shape index (κ1) is 14.7. The Labute approximate surface area is 127 Å². The van der Waals surface area contributed by atoms with Crippen LogP contribution in [0.5, 0.6) is 0 Å². The molecule has 22 heavy (non-hydrogen) atoms. The fraction of sp³-hybridized carbons (Fsp3) is 0.571. The minimum absolute atomic E-state index is 0.308. The van der Waals surface area contributed by atoms with Gasteiger partial charge in [0.2, 0.25) is 5.91 Å². The minimum atomic E-state index is -1.01. The number of ether oxygens (including phenoxy) is 1. The van der Waals surface area contributed by atoms with Gasteiger partial charge in [-0.25, -0.2) is 9.67 Å². The molecule has 3 heterocycles. The molecular weight excluding hydrogens is 288 g/mol. The van der Waals surface area contributed by atoms with Crippen LogP contribution < -0.4 is 5.32 Å². The van der Waals surface area contributed by atoms with Crippen molar-refractivity contribution in [1.29, 1.82) is 0 Å². The van der Waals surface area contributed by atoms with Gasteiger partial charge in [0.15, 0.2) is 0 Å². The van der Waals surface area contributed by atoms with Crippen molar-refractivity contribution < 1.29 is 19.4 Å². The summed E-state index contributed by atoms with van der Waals surface area (Å²) in [5.41, 5.74) is -0.459. The summed E-state index contributed by atoms with van der Waals surface area (Å²) >= 11 is 0. The Morgan fingerprint density at radius 1 is 1.32 bits per heavy atom. The van der Waals surface area contributed by atoms with Crippen molar-refractivity contribution in [2.75, 3.05) is 6.54 Å².